The van der Waals surface area contributed by atoms with Gasteiger partial charge in [0.1, 0.15) is 12.7 Å². The Balaban J connectivity index is 1.97. The zero-order valence-corrected chi connectivity index (χ0v) is 12.4. The number of halogens is 1. The number of nitrogens with zero attached hydrogens (tertiary/aromatic N) is 3. The fraction of sp³-hybridized carbons (Fsp3) is 0.125. The van der Waals surface area contributed by atoms with Crippen LogP contribution in [0.15, 0.2) is 71.7 Å². The third kappa shape index (κ3) is 2.96. The minimum atomic E-state index is 0.150. The Morgan fingerprint density at radius 2 is 1.90 bits per heavy atom. The third-order valence-electron chi connectivity index (χ3n) is 3.26. The predicted molar refractivity (Wildman–Crippen MR) is 82.4 cm³/mol. The quantitative estimate of drug-likeness (QED) is 0.728. The highest BCUT2D eigenvalue weighted by Crippen LogP contribution is 2.24. The molecule has 3 nitrogen and oxygen atoms in total. The van der Waals surface area contributed by atoms with Crippen LogP contribution in [0.25, 0.3) is 0 Å². The largest absolute Gasteiger partial charge is 0.245 e. The van der Waals surface area contributed by atoms with Crippen LogP contribution in [0.3, 0.4) is 0 Å². The van der Waals surface area contributed by atoms with E-state index in [1.54, 1.807) is 12.7 Å². The highest BCUT2D eigenvalue weighted by atomic mass is 79.9. The van der Waals surface area contributed by atoms with Gasteiger partial charge in [-0.1, -0.05) is 58.4 Å². The molecular formula is C16H14BrN3. The SMILES string of the molecule is Brc1cccc(C(Cc2ccccc2)n2cncn2)c1. The number of hydrogen-bond donors (Lipinski definition) is 0. The van der Waals surface area contributed by atoms with Crippen LogP contribution >= 0.6 is 15.9 Å². The van der Waals surface area contributed by atoms with Crippen LogP contribution in [-0.4, -0.2) is 14.8 Å². The molecular weight excluding hydrogens is 314 g/mol. The highest BCUT2D eigenvalue weighted by Gasteiger charge is 2.15. The van der Waals surface area contributed by atoms with Crippen LogP contribution in [0.4, 0.5) is 0 Å². The minimum Gasteiger partial charge on any atom is -0.245 e. The van der Waals surface area contributed by atoms with E-state index >= 15 is 0 Å². The molecule has 100 valence electrons. The third-order valence-corrected chi connectivity index (χ3v) is 3.75. The van der Waals surface area contributed by atoms with E-state index in [0.29, 0.717) is 0 Å². The van der Waals surface area contributed by atoms with Gasteiger partial charge in [0, 0.05) is 4.47 Å². The average Bonchev–Trinajstić information content (AvgIpc) is 3.00. The van der Waals surface area contributed by atoms with Crippen molar-refractivity contribution in [2.75, 3.05) is 0 Å². The Hall–Kier alpha value is -1.94. The molecule has 3 aromatic rings. The average molecular weight is 328 g/mol. The second-order valence-corrected chi connectivity index (χ2v) is 5.55. The summed E-state index contributed by atoms with van der Waals surface area (Å²) in [6, 6.07) is 18.9. The van der Waals surface area contributed by atoms with Gasteiger partial charge in [0.15, 0.2) is 0 Å². The Bertz CT molecular complexity index is 665. The molecule has 0 bridgehead atoms. The van der Waals surface area contributed by atoms with Gasteiger partial charge in [-0.3, -0.25) is 0 Å². The van der Waals surface area contributed by atoms with Crippen LogP contribution in [0.5, 0.6) is 0 Å². The summed E-state index contributed by atoms with van der Waals surface area (Å²) in [6.45, 7) is 0. The van der Waals surface area contributed by atoms with Crippen molar-refractivity contribution < 1.29 is 0 Å². The Morgan fingerprint density at radius 1 is 1.05 bits per heavy atom. The van der Waals surface area contributed by atoms with Crippen LogP contribution in [0.2, 0.25) is 0 Å². The second-order valence-electron chi connectivity index (χ2n) is 4.64. The molecule has 1 unspecified atom stereocenters. The lowest BCUT2D eigenvalue weighted by Gasteiger charge is -2.18. The maximum atomic E-state index is 4.31. The first-order valence-electron chi connectivity index (χ1n) is 6.46. The molecule has 2 aromatic carbocycles. The molecule has 0 amide bonds. The summed E-state index contributed by atoms with van der Waals surface area (Å²) >= 11 is 3.53. The lowest BCUT2D eigenvalue weighted by atomic mass is 9.99. The molecule has 0 N–H and O–H groups in total. The van der Waals surface area contributed by atoms with Gasteiger partial charge in [0.2, 0.25) is 0 Å². The van der Waals surface area contributed by atoms with Crippen molar-refractivity contribution >= 4 is 15.9 Å². The monoisotopic (exact) mass is 327 g/mol. The summed E-state index contributed by atoms with van der Waals surface area (Å²) < 4.78 is 2.99. The van der Waals surface area contributed by atoms with Crippen molar-refractivity contribution in [3.05, 3.63) is 82.9 Å². The van der Waals surface area contributed by atoms with Crippen LogP contribution in [-0.2, 0) is 6.42 Å². The van der Waals surface area contributed by atoms with E-state index in [4.69, 9.17) is 0 Å². The van der Waals surface area contributed by atoms with E-state index in [0.717, 1.165) is 10.9 Å². The van der Waals surface area contributed by atoms with Gasteiger partial charge in [0.25, 0.3) is 0 Å². The summed E-state index contributed by atoms with van der Waals surface area (Å²) in [5.74, 6) is 0. The minimum absolute atomic E-state index is 0.150. The zero-order chi connectivity index (χ0) is 13.8. The first-order valence-corrected chi connectivity index (χ1v) is 7.26. The first-order chi connectivity index (χ1) is 9.83. The summed E-state index contributed by atoms with van der Waals surface area (Å²) in [7, 11) is 0. The predicted octanol–water partition coefficient (Wildman–Crippen LogP) is 3.87. The molecule has 0 aliphatic heterocycles. The van der Waals surface area contributed by atoms with E-state index in [1.165, 1.54) is 11.1 Å². The number of hydrogen-bond acceptors (Lipinski definition) is 2. The van der Waals surface area contributed by atoms with E-state index < -0.39 is 0 Å². The van der Waals surface area contributed by atoms with Crippen molar-refractivity contribution in [1.82, 2.24) is 14.8 Å². The van der Waals surface area contributed by atoms with Crippen LogP contribution in [0.1, 0.15) is 17.2 Å². The molecule has 1 atom stereocenters. The number of benzene rings is 2. The van der Waals surface area contributed by atoms with Crippen molar-refractivity contribution in [2.45, 2.75) is 12.5 Å². The fourth-order valence-corrected chi connectivity index (χ4v) is 2.71. The fourth-order valence-electron chi connectivity index (χ4n) is 2.29. The van der Waals surface area contributed by atoms with Gasteiger partial charge < -0.3 is 0 Å². The normalized spacial score (nSPS) is 12.2. The smallest absolute Gasteiger partial charge is 0.137 e. The van der Waals surface area contributed by atoms with Crippen molar-refractivity contribution in [3.63, 3.8) is 0 Å². The Kier molecular flexibility index (Phi) is 3.92. The van der Waals surface area contributed by atoms with Crippen LogP contribution < -0.4 is 0 Å². The Labute approximate surface area is 126 Å². The van der Waals surface area contributed by atoms with Gasteiger partial charge in [-0.05, 0) is 29.7 Å². The number of rotatable bonds is 4. The molecule has 0 aliphatic rings. The van der Waals surface area contributed by atoms with Gasteiger partial charge in [0.05, 0.1) is 6.04 Å². The molecule has 0 saturated heterocycles. The molecule has 4 heteroatoms. The zero-order valence-electron chi connectivity index (χ0n) is 10.9. The molecule has 0 fully saturated rings. The summed E-state index contributed by atoms with van der Waals surface area (Å²) in [5.41, 5.74) is 2.50. The van der Waals surface area contributed by atoms with Crippen molar-refractivity contribution in [3.8, 4) is 0 Å². The highest BCUT2D eigenvalue weighted by molar-refractivity contribution is 9.10. The number of aromatic nitrogens is 3. The van der Waals surface area contributed by atoms with Gasteiger partial charge in [-0.15, -0.1) is 0 Å². The molecule has 20 heavy (non-hydrogen) atoms. The maximum absolute atomic E-state index is 4.31. The molecule has 0 spiro atoms. The van der Waals surface area contributed by atoms with E-state index in [1.807, 2.05) is 22.9 Å². The maximum Gasteiger partial charge on any atom is 0.137 e. The lowest BCUT2D eigenvalue weighted by Crippen LogP contribution is -2.14. The van der Waals surface area contributed by atoms with E-state index in [9.17, 15) is 0 Å². The molecule has 0 aliphatic carbocycles. The lowest BCUT2D eigenvalue weighted by molar-refractivity contribution is 0.519. The summed E-state index contributed by atoms with van der Waals surface area (Å²) in [6.07, 6.45) is 4.24. The standard InChI is InChI=1S/C16H14BrN3/c17-15-8-4-7-14(10-15)16(20-12-18-11-19-20)9-13-5-2-1-3-6-13/h1-8,10-12,16H,9H2. The first kappa shape index (κ1) is 13.1. The molecule has 0 saturated carbocycles. The van der Waals surface area contributed by atoms with Gasteiger partial charge in [-0.25, -0.2) is 9.67 Å². The Morgan fingerprint density at radius 3 is 2.60 bits per heavy atom. The second kappa shape index (κ2) is 6.01. The van der Waals surface area contributed by atoms with Gasteiger partial charge in [-0.2, -0.15) is 5.10 Å². The molecule has 0 radical (unpaired) electrons. The van der Waals surface area contributed by atoms with Crippen molar-refractivity contribution in [1.29, 1.82) is 0 Å². The molecule has 1 aromatic heterocycles. The van der Waals surface area contributed by atoms with E-state index in [2.05, 4.69) is 62.4 Å². The van der Waals surface area contributed by atoms with Gasteiger partial charge >= 0.3 is 0 Å². The molecule has 1 heterocycles. The molecule has 3 rings (SSSR count). The summed E-state index contributed by atoms with van der Waals surface area (Å²) in [4.78, 5) is 4.07. The van der Waals surface area contributed by atoms with Crippen molar-refractivity contribution in [2.24, 2.45) is 0 Å². The van der Waals surface area contributed by atoms with Crippen LogP contribution in [0, 0.1) is 0 Å². The summed E-state index contributed by atoms with van der Waals surface area (Å²) in [5, 5.41) is 4.31. The topological polar surface area (TPSA) is 30.7 Å². The van der Waals surface area contributed by atoms with E-state index in [-0.39, 0.29) is 6.04 Å².